The van der Waals surface area contributed by atoms with E-state index in [1.165, 1.54) is 6.07 Å². The third kappa shape index (κ3) is 3.38. The summed E-state index contributed by atoms with van der Waals surface area (Å²) in [5.74, 6) is 0.407. The smallest absolute Gasteiger partial charge is 0.141 e. The molecule has 0 saturated carbocycles. The molecule has 0 heterocycles. The molecule has 0 amide bonds. The average molecular weight is 280 g/mol. The third-order valence-electron chi connectivity index (χ3n) is 2.92. The van der Waals surface area contributed by atoms with Gasteiger partial charge in [0.05, 0.1) is 12.1 Å². The van der Waals surface area contributed by atoms with E-state index in [2.05, 4.69) is 5.32 Å². The number of anilines is 1. The number of hydrogen-bond acceptors (Lipinski definition) is 2. The molecule has 19 heavy (non-hydrogen) atoms. The van der Waals surface area contributed by atoms with E-state index in [4.69, 9.17) is 16.3 Å². The van der Waals surface area contributed by atoms with Crippen LogP contribution in [0.15, 0.2) is 42.5 Å². The Morgan fingerprint density at radius 3 is 2.42 bits per heavy atom. The summed E-state index contributed by atoms with van der Waals surface area (Å²) in [6.45, 7) is 2.03. The van der Waals surface area contributed by atoms with Gasteiger partial charge in [-0.05, 0) is 42.8 Å². The van der Waals surface area contributed by atoms with Gasteiger partial charge >= 0.3 is 0 Å². The monoisotopic (exact) mass is 279 g/mol. The van der Waals surface area contributed by atoms with Crippen molar-refractivity contribution >= 4 is 17.3 Å². The summed E-state index contributed by atoms with van der Waals surface area (Å²) < 4.78 is 18.2. The fourth-order valence-corrected chi connectivity index (χ4v) is 1.99. The van der Waals surface area contributed by atoms with Crippen molar-refractivity contribution in [3.05, 3.63) is 58.9 Å². The van der Waals surface area contributed by atoms with Gasteiger partial charge in [0.25, 0.3) is 0 Å². The molecule has 0 saturated heterocycles. The van der Waals surface area contributed by atoms with Crippen molar-refractivity contribution < 1.29 is 9.13 Å². The molecule has 2 aromatic rings. The molecule has 1 unspecified atom stereocenters. The molecule has 0 bridgehead atoms. The van der Waals surface area contributed by atoms with Gasteiger partial charge in [-0.25, -0.2) is 4.39 Å². The first kappa shape index (κ1) is 13.7. The molecular weight excluding hydrogens is 265 g/mol. The quantitative estimate of drug-likeness (QED) is 0.879. The lowest BCUT2D eigenvalue weighted by atomic mass is 10.1. The Morgan fingerprint density at radius 1 is 1.16 bits per heavy atom. The fraction of sp³-hybridized carbons (Fsp3) is 0.200. The van der Waals surface area contributed by atoms with E-state index in [-0.39, 0.29) is 11.1 Å². The zero-order chi connectivity index (χ0) is 13.8. The first-order valence-corrected chi connectivity index (χ1v) is 6.33. The van der Waals surface area contributed by atoms with Crippen LogP contribution in [0.2, 0.25) is 5.02 Å². The van der Waals surface area contributed by atoms with E-state index in [0.717, 1.165) is 17.0 Å². The van der Waals surface area contributed by atoms with Crippen molar-refractivity contribution in [2.24, 2.45) is 0 Å². The minimum Gasteiger partial charge on any atom is -0.497 e. The summed E-state index contributed by atoms with van der Waals surface area (Å²) in [5.41, 5.74) is 1.90. The fourth-order valence-electron chi connectivity index (χ4n) is 1.81. The molecule has 0 aliphatic rings. The lowest BCUT2D eigenvalue weighted by Gasteiger charge is -2.16. The predicted octanol–water partition coefficient (Wildman–Crippen LogP) is 4.66. The highest BCUT2D eigenvalue weighted by molar-refractivity contribution is 6.31. The molecule has 100 valence electrons. The molecule has 0 fully saturated rings. The van der Waals surface area contributed by atoms with Crippen LogP contribution >= 0.6 is 11.6 Å². The maximum Gasteiger partial charge on any atom is 0.141 e. The lowest BCUT2D eigenvalue weighted by Crippen LogP contribution is -2.06. The highest BCUT2D eigenvalue weighted by Crippen LogP contribution is 2.24. The summed E-state index contributed by atoms with van der Waals surface area (Å²) in [6.07, 6.45) is 0. The molecule has 0 aliphatic heterocycles. The first-order chi connectivity index (χ1) is 9.10. The minimum absolute atomic E-state index is 0.0902. The van der Waals surface area contributed by atoms with Crippen molar-refractivity contribution in [1.82, 2.24) is 0 Å². The summed E-state index contributed by atoms with van der Waals surface area (Å²) in [6, 6.07) is 12.5. The normalized spacial score (nSPS) is 12.0. The lowest BCUT2D eigenvalue weighted by molar-refractivity contribution is 0.414. The highest BCUT2D eigenvalue weighted by atomic mass is 35.5. The van der Waals surface area contributed by atoms with Crippen molar-refractivity contribution in [1.29, 1.82) is 0 Å². The van der Waals surface area contributed by atoms with Crippen molar-refractivity contribution in [3.63, 3.8) is 0 Å². The third-order valence-corrected chi connectivity index (χ3v) is 3.21. The SMILES string of the molecule is COc1ccc(C(C)Nc2ccc(F)c(Cl)c2)cc1. The van der Waals surface area contributed by atoms with Crippen LogP contribution in [0.4, 0.5) is 10.1 Å². The van der Waals surface area contributed by atoms with Crippen LogP contribution < -0.4 is 10.1 Å². The van der Waals surface area contributed by atoms with Crippen LogP contribution in [0.5, 0.6) is 5.75 Å². The molecule has 0 spiro atoms. The molecule has 4 heteroatoms. The Balaban J connectivity index is 2.10. The maximum atomic E-state index is 13.1. The predicted molar refractivity (Wildman–Crippen MR) is 76.4 cm³/mol. The summed E-state index contributed by atoms with van der Waals surface area (Å²) in [5, 5.41) is 3.39. The van der Waals surface area contributed by atoms with E-state index in [1.807, 2.05) is 31.2 Å². The van der Waals surface area contributed by atoms with Gasteiger partial charge in [0.15, 0.2) is 0 Å². The summed E-state index contributed by atoms with van der Waals surface area (Å²) in [7, 11) is 1.64. The number of nitrogens with one attached hydrogen (secondary N) is 1. The highest BCUT2D eigenvalue weighted by Gasteiger charge is 2.07. The Hall–Kier alpha value is -1.74. The number of rotatable bonds is 4. The van der Waals surface area contributed by atoms with Crippen LogP contribution in [-0.2, 0) is 0 Å². The Kier molecular flexibility index (Phi) is 4.27. The van der Waals surface area contributed by atoms with Crippen molar-refractivity contribution in [2.45, 2.75) is 13.0 Å². The van der Waals surface area contributed by atoms with Gasteiger partial charge in [0.1, 0.15) is 11.6 Å². The zero-order valence-corrected chi connectivity index (χ0v) is 11.5. The van der Waals surface area contributed by atoms with Crippen LogP contribution in [0.3, 0.4) is 0 Å². The minimum atomic E-state index is -0.413. The molecular formula is C15H15ClFNO. The van der Waals surface area contributed by atoms with E-state index in [1.54, 1.807) is 19.2 Å². The molecule has 1 N–H and O–H groups in total. The van der Waals surface area contributed by atoms with Crippen molar-refractivity contribution in [3.8, 4) is 5.75 Å². The van der Waals surface area contributed by atoms with Crippen LogP contribution in [0, 0.1) is 5.82 Å². The second-order valence-corrected chi connectivity index (χ2v) is 4.68. The van der Waals surface area contributed by atoms with E-state index >= 15 is 0 Å². The molecule has 0 aromatic heterocycles. The Labute approximate surface area is 117 Å². The van der Waals surface area contributed by atoms with Crippen LogP contribution in [0.25, 0.3) is 0 Å². The van der Waals surface area contributed by atoms with Gasteiger partial charge < -0.3 is 10.1 Å². The number of benzene rings is 2. The van der Waals surface area contributed by atoms with Gasteiger partial charge in [-0.15, -0.1) is 0 Å². The van der Waals surface area contributed by atoms with Gasteiger partial charge in [-0.1, -0.05) is 23.7 Å². The largest absolute Gasteiger partial charge is 0.497 e. The van der Waals surface area contributed by atoms with Gasteiger partial charge in [-0.3, -0.25) is 0 Å². The molecule has 0 aliphatic carbocycles. The standard InChI is InChI=1S/C15H15ClFNO/c1-10(11-3-6-13(19-2)7-4-11)18-12-5-8-15(17)14(16)9-12/h3-10,18H,1-2H3. The Morgan fingerprint density at radius 2 is 1.84 bits per heavy atom. The molecule has 2 nitrogen and oxygen atoms in total. The second-order valence-electron chi connectivity index (χ2n) is 4.27. The zero-order valence-electron chi connectivity index (χ0n) is 10.8. The van der Waals surface area contributed by atoms with E-state index < -0.39 is 5.82 Å². The van der Waals surface area contributed by atoms with Gasteiger partial charge in [0.2, 0.25) is 0 Å². The molecule has 1 atom stereocenters. The second kappa shape index (κ2) is 5.93. The van der Waals surface area contributed by atoms with Crippen molar-refractivity contribution in [2.75, 3.05) is 12.4 Å². The maximum absolute atomic E-state index is 13.1. The molecule has 2 rings (SSSR count). The number of ether oxygens (including phenoxy) is 1. The van der Waals surface area contributed by atoms with Gasteiger partial charge in [0, 0.05) is 11.7 Å². The topological polar surface area (TPSA) is 21.3 Å². The molecule has 2 aromatic carbocycles. The summed E-state index contributed by atoms with van der Waals surface area (Å²) in [4.78, 5) is 0. The van der Waals surface area contributed by atoms with Gasteiger partial charge in [-0.2, -0.15) is 0 Å². The number of methoxy groups -OCH3 is 1. The number of hydrogen-bond donors (Lipinski definition) is 1. The van der Waals surface area contributed by atoms with Crippen LogP contribution in [-0.4, -0.2) is 7.11 Å². The number of halogens is 2. The summed E-state index contributed by atoms with van der Waals surface area (Å²) >= 11 is 5.75. The Bertz CT molecular complexity index is 557. The average Bonchev–Trinajstić information content (AvgIpc) is 2.43. The molecule has 0 radical (unpaired) electrons. The van der Waals surface area contributed by atoms with E-state index in [9.17, 15) is 4.39 Å². The first-order valence-electron chi connectivity index (χ1n) is 5.95. The van der Waals surface area contributed by atoms with E-state index in [0.29, 0.717) is 0 Å². The van der Waals surface area contributed by atoms with Crippen LogP contribution in [0.1, 0.15) is 18.5 Å².